The van der Waals surface area contributed by atoms with Gasteiger partial charge in [-0.15, -0.1) is 4.91 Å². The Morgan fingerprint density at radius 1 is 1.33 bits per heavy atom. The second kappa shape index (κ2) is 5.91. The SMILES string of the molecule is CC(O)C(N=O)(c1ccc(C(O)(O)O)c(Br)c1)C(F)(F)P. The number of hydrogen-bond acceptors (Lipinski definition) is 6. The molecule has 3 unspecified atom stereocenters. The second-order valence-electron chi connectivity index (χ2n) is 4.49. The highest BCUT2D eigenvalue weighted by molar-refractivity contribution is 9.10. The molecule has 0 heterocycles. The molecule has 1 aromatic carbocycles. The summed E-state index contributed by atoms with van der Waals surface area (Å²) < 4.78 is 27.4. The normalized spacial score (nSPS) is 17.2. The van der Waals surface area contributed by atoms with Crippen LogP contribution in [0.4, 0.5) is 8.78 Å². The zero-order valence-electron chi connectivity index (χ0n) is 10.7. The molecule has 3 atom stereocenters. The summed E-state index contributed by atoms with van der Waals surface area (Å²) in [6.45, 7) is 0.982. The van der Waals surface area contributed by atoms with Crippen LogP contribution in [0.5, 0.6) is 0 Å². The van der Waals surface area contributed by atoms with E-state index in [1.54, 1.807) is 0 Å². The van der Waals surface area contributed by atoms with Crippen molar-refractivity contribution in [2.24, 2.45) is 5.18 Å². The number of nitrogens with zero attached hydrogens (tertiary/aromatic N) is 1. The van der Waals surface area contributed by atoms with Crippen LogP contribution in [0.1, 0.15) is 18.1 Å². The minimum Gasteiger partial charge on any atom is -0.390 e. The van der Waals surface area contributed by atoms with Crippen LogP contribution in [0.2, 0.25) is 0 Å². The van der Waals surface area contributed by atoms with Crippen LogP contribution in [-0.4, -0.2) is 32.2 Å². The first-order valence-electron chi connectivity index (χ1n) is 5.54. The molecule has 21 heavy (non-hydrogen) atoms. The first-order valence-corrected chi connectivity index (χ1v) is 6.92. The highest BCUT2D eigenvalue weighted by atomic mass is 79.9. The number of nitroso groups, excluding NO2 is 1. The standard InChI is InChI=1S/C11H13BrF2NO5P/c1-5(16)9(15-20,11(13,14)21)6-2-3-7(8(12)4-6)10(17,18)19/h2-5,16-19H,21H2,1H3. The van der Waals surface area contributed by atoms with Gasteiger partial charge in [0.2, 0.25) is 5.54 Å². The molecule has 0 radical (unpaired) electrons. The van der Waals surface area contributed by atoms with E-state index in [1.807, 2.05) is 0 Å². The Bertz CT molecular complexity index is 546. The van der Waals surface area contributed by atoms with Crippen molar-refractivity contribution in [2.75, 3.05) is 0 Å². The lowest BCUT2D eigenvalue weighted by Gasteiger charge is -2.35. The second-order valence-corrected chi connectivity index (χ2v) is 6.07. The average Bonchev–Trinajstić information content (AvgIpc) is 2.26. The van der Waals surface area contributed by atoms with Gasteiger partial charge < -0.3 is 20.4 Å². The molecular weight excluding hydrogens is 375 g/mol. The molecule has 0 aliphatic heterocycles. The molecule has 0 aromatic heterocycles. The fourth-order valence-electron chi connectivity index (χ4n) is 1.93. The van der Waals surface area contributed by atoms with Crippen molar-refractivity contribution in [3.63, 3.8) is 0 Å². The molecule has 1 aromatic rings. The van der Waals surface area contributed by atoms with Crippen LogP contribution < -0.4 is 0 Å². The highest BCUT2D eigenvalue weighted by Crippen LogP contribution is 2.48. The molecule has 0 aliphatic carbocycles. The molecule has 10 heteroatoms. The summed E-state index contributed by atoms with van der Waals surface area (Å²) in [5.74, 6) is -3.19. The topological polar surface area (TPSA) is 110 Å². The lowest BCUT2D eigenvalue weighted by atomic mass is 9.85. The van der Waals surface area contributed by atoms with E-state index in [1.165, 1.54) is 0 Å². The number of hydrogen-bond donors (Lipinski definition) is 4. The summed E-state index contributed by atoms with van der Waals surface area (Å²) in [7, 11) is 1.15. The Kier molecular flexibility index (Phi) is 5.20. The van der Waals surface area contributed by atoms with Gasteiger partial charge in [-0.3, -0.25) is 0 Å². The Labute approximate surface area is 129 Å². The first kappa shape index (κ1) is 18.5. The average molecular weight is 388 g/mol. The van der Waals surface area contributed by atoms with Crippen molar-refractivity contribution < 1.29 is 29.2 Å². The maximum Gasteiger partial charge on any atom is 0.305 e. The maximum absolute atomic E-state index is 13.8. The summed E-state index contributed by atoms with van der Waals surface area (Å²) in [6.07, 6.45) is -1.83. The molecule has 0 fully saturated rings. The Hall–Kier alpha value is -0.570. The van der Waals surface area contributed by atoms with E-state index < -0.39 is 28.8 Å². The van der Waals surface area contributed by atoms with Crippen molar-refractivity contribution in [3.05, 3.63) is 38.7 Å². The molecule has 118 valence electrons. The summed E-state index contributed by atoms with van der Waals surface area (Å²) in [5.41, 5.74) is -7.35. The van der Waals surface area contributed by atoms with Crippen LogP contribution in [0.3, 0.4) is 0 Å². The number of aliphatic hydroxyl groups is 4. The lowest BCUT2D eigenvalue weighted by Crippen LogP contribution is -2.48. The quantitative estimate of drug-likeness (QED) is 0.346. The zero-order valence-corrected chi connectivity index (χ0v) is 13.4. The van der Waals surface area contributed by atoms with Gasteiger partial charge in [0.1, 0.15) is 0 Å². The third-order valence-electron chi connectivity index (χ3n) is 3.03. The number of rotatable bonds is 5. The highest BCUT2D eigenvalue weighted by Gasteiger charge is 2.57. The minimum atomic E-state index is -3.77. The molecule has 0 spiro atoms. The predicted octanol–water partition coefficient (Wildman–Crippen LogP) is 1.35. The van der Waals surface area contributed by atoms with Gasteiger partial charge in [0.25, 0.3) is 5.66 Å². The molecule has 0 saturated carbocycles. The van der Waals surface area contributed by atoms with Crippen molar-refractivity contribution >= 4 is 25.2 Å². The smallest absolute Gasteiger partial charge is 0.305 e. The maximum atomic E-state index is 13.8. The van der Waals surface area contributed by atoms with Crippen LogP contribution in [0.15, 0.2) is 27.8 Å². The van der Waals surface area contributed by atoms with Gasteiger partial charge in [-0.1, -0.05) is 31.2 Å². The van der Waals surface area contributed by atoms with Crippen molar-refractivity contribution in [1.29, 1.82) is 0 Å². The number of halogens is 3. The van der Waals surface area contributed by atoms with E-state index in [0.29, 0.717) is 0 Å². The van der Waals surface area contributed by atoms with E-state index in [2.05, 4.69) is 21.1 Å². The molecule has 0 saturated heterocycles. The van der Waals surface area contributed by atoms with Gasteiger partial charge in [0, 0.05) is 4.47 Å². The van der Waals surface area contributed by atoms with Crippen molar-refractivity contribution in [1.82, 2.24) is 0 Å². The Balaban J connectivity index is 3.56. The monoisotopic (exact) mass is 387 g/mol. The molecular formula is C11H13BrF2NO5P. The molecule has 0 bridgehead atoms. The summed E-state index contributed by atoms with van der Waals surface area (Å²) in [6, 6.07) is 2.79. The fourth-order valence-corrected chi connectivity index (χ4v) is 3.03. The number of alkyl halides is 2. The minimum absolute atomic E-state index is 0.157. The molecule has 0 amide bonds. The van der Waals surface area contributed by atoms with E-state index in [9.17, 15) is 18.8 Å². The van der Waals surface area contributed by atoms with E-state index in [4.69, 9.17) is 15.3 Å². The molecule has 1 rings (SSSR count). The van der Waals surface area contributed by atoms with Gasteiger partial charge in [0.05, 0.1) is 11.7 Å². The van der Waals surface area contributed by atoms with E-state index in [-0.39, 0.29) is 10.0 Å². The Morgan fingerprint density at radius 3 is 2.14 bits per heavy atom. The summed E-state index contributed by atoms with van der Waals surface area (Å²) >= 11 is 2.86. The van der Waals surface area contributed by atoms with Gasteiger partial charge in [0.15, 0.2) is 0 Å². The van der Waals surface area contributed by atoms with E-state index in [0.717, 1.165) is 34.4 Å². The summed E-state index contributed by atoms with van der Waals surface area (Å²) in [4.78, 5) is 11.0. The van der Waals surface area contributed by atoms with Gasteiger partial charge in [-0.25, -0.2) is 0 Å². The molecule has 0 aliphatic rings. The van der Waals surface area contributed by atoms with Gasteiger partial charge >= 0.3 is 5.97 Å². The van der Waals surface area contributed by atoms with Crippen LogP contribution >= 0.6 is 25.2 Å². The van der Waals surface area contributed by atoms with Gasteiger partial charge in [-0.2, -0.15) is 8.78 Å². The van der Waals surface area contributed by atoms with Gasteiger partial charge in [-0.05, 0) is 29.8 Å². The van der Waals surface area contributed by atoms with Crippen LogP contribution in [0, 0.1) is 4.91 Å². The Morgan fingerprint density at radius 2 is 1.86 bits per heavy atom. The van der Waals surface area contributed by atoms with Crippen molar-refractivity contribution in [3.8, 4) is 0 Å². The van der Waals surface area contributed by atoms with E-state index >= 15 is 0 Å². The zero-order chi connectivity index (χ0) is 16.6. The number of aliphatic hydroxyl groups excluding tert-OH is 1. The first-order chi connectivity index (χ1) is 9.38. The lowest BCUT2D eigenvalue weighted by molar-refractivity contribution is -0.324. The van der Waals surface area contributed by atoms with Crippen LogP contribution in [-0.2, 0) is 11.5 Å². The summed E-state index contributed by atoms with van der Waals surface area (Å²) in [5, 5.41) is 39.3. The third kappa shape index (κ3) is 3.28. The molecule has 6 nitrogen and oxygen atoms in total. The van der Waals surface area contributed by atoms with Crippen LogP contribution in [0.25, 0.3) is 0 Å². The number of benzene rings is 1. The third-order valence-corrected chi connectivity index (χ3v) is 4.12. The largest absolute Gasteiger partial charge is 0.390 e. The fraction of sp³-hybridized carbons (Fsp3) is 0.455. The van der Waals surface area contributed by atoms with Crippen molar-refractivity contribution in [2.45, 2.75) is 30.2 Å². The molecule has 4 N–H and O–H groups in total. The predicted molar refractivity (Wildman–Crippen MR) is 76.3 cm³/mol.